The van der Waals surface area contributed by atoms with Gasteiger partial charge in [-0.2, -0.15) is 0 Å². The maximum Gasteiger partial charge on any atom is 0.410 e. The summed E-state index contributed by atoms with van der Waals surface area (Å²) in [5.74, 6) is -1.91. The Morgan fingerprint density at radius 3 is 2.64 bits per heavy atom. The molecule has 2 rings (SSSR count). The molecule has 0 spiro atoms. The van der Waals surface area contributed by atoms with Crippen LogP contribution < -0.4 is 0 Å². The number of halogens is 2. The smallest absolute Gasteiger partial charge is 0.410 e. The molecule has 28 heavy (non-hydrogen) atoms. The van der Waals surface area contributed by atoms with Crippen molar-refractivity contribution in [2.75, 3.05) is 33.3 Å². The predicted molar refractivity (Wildman–Crippen MR) is 99.7 cm³/mol. The van der Waals surface area contributed by atoms with Crippen molar-refractivity contribution in [1.29, 1.82) is 0 Å². The number of ether oxygens (including phenoxy) is 2. The zero-order valence-corrected chi connectivity index (χ0v) is 16.8. The van der Waals surface area contributed by atoms with E-state index in [1.54, 1.807) is 32.7 Å². The van der Waals surface area contributed by atoms with Crippen LogP contribution in [0.25, 0.3) is 0 Å². The number of carbonyl (C=O) groups is 2. The Bertz CT molecular complexity index is 706. The molecule has 1 saturated heterocycles. The van der Waals surface area contributed by atoms with Gasteiger partial charge in [-0.25, -0.2) is 13.6 Å². The van der Waals surface area contributed by atoms with Crippen LogP contribution in [0.1, 0.15) is 45.3 Å². The van der Waals surface area contributed by atoms with Crippen LogP contribution in [-0.4, -0.2) is 60.7 Å². The summed E-state index contributed by atoms with van der Waals surface area (Å²) in [6.45, 7) is 6.84. The summed E-state index contributed by atoms with van der Waals surface area (Å²) in [4.78, 5) is 27.5. The summed E-state index contributed by atoms with van der Waals surface area (Å²) >= 11 is 0. The molecule has 1 atom stereocenters. The fraction of sp³-hybridized carbons (Fsp3) is 0.600. The number of nitrogens with zero attached hydrogens (tertiary/aromatic N) is 2. The molecular formula is C20H28F2N2O4. The molecule has 1 aliphatic rings. The first-order valence-electron chi connectivity index (χ1n) is 9.35. The molecule has 2 amide bonds. The monoisotopic (exact) mass is 398 g/mol. The standard InChI is InChI=1S/C20H28F2N2O4/c1-20(2,3)28-19(26)23(4)9-5-6-18(25)24-10-11-27-17(13-24)14-7-8-15(21)16(22)12-14/h7-8,12,17H,5-6,9-11,13H2,1-4H3. The molecule has 0 N–H and O–H groups in total. The Kier molecular flexibility index (Phi) is 7.35. The Morgan fingerprint density at radius 2 is 2.00 bits per heavy atom. The lowest BCUT2D eigenvalue weighted by Crippen LogP contribution is -2.42. The minimum Gasteiger partial charge on any atom is -0.444 e. The van der Waals surface area contributed by atoms with E-state index < -0.39 is 29.4 Å². The van der Waals surface area contributed by atoms with Crippen LogP contribution in [0.15, 0.2) is 18.2 Å². The molecule has 1 fully saturated rings. The third-order valence-corrected chi connectivity index (χ3v) is 4.32. The van der Waals surface area contributed by atoms with E-state index >= 15 is 0 Å². The highest BCUT2D eigenvalue weighted by molar-refractivity contribution is 5.76. The molecule has 1 unspecified atom stereocenters. The van der Waals surface area contributed by atoms with Gasteiger partial charge in [0, 0.05) is 26.6 Å². The third-order valence-electron chi connectivity index (χ3n) is 4.32. The van der Waals surface area contributed by atoms with Gasteiger partial charge in [0.15, 0.2) is 11.6 Å². The molecule has 6 nitrogen and oxygen atoms in total. The van der Waals surface area contributed by atoms with Gasteiger partial charge < -0.3 is 19.3 Å². The Balaban J connectivity index is 1.82. The van der Waals surface area contributed by atoms with Crippen LogP contribution in [0.4, 0.5) is 13.6 Å². The number of morpholine rings is 1. The predicted octanol–water partition coefficient (Wildman–Crippen LogP) is 3.51. The number of amides is 2. The summed E-state index contributed by atoms with van der Waals surface area (Å²) < 4.78 is 37.4. The summed E-state index contributed by atoms with van der Waals surface area (Å²) in [5.41, 5.74) is -0.0647. The summed E-state index contributed by atoms with van der Waals surface area (Å²) in [6.07, 6.45) is -0.138. The Morgan fingerprint density at radius 1 is 1.29 bits per heavy atom. The quantitative estimate of drug-likeness (QED) is 0.762. The molecule has 1 aliphatic heterocycles. The van der Waals surface area contributed by atoms with Crippen molar-refractivity contribution in [1.82, 2.24) is 9.80 Å². The number of rotatable bonds is 5. The third kappa shape index (κ3) is 6.44. The molecule has 156 valence electrons. The van der Waals surface area contributed by atoms with Gasteiger partial charge in [0.2, 0.25) is 5.91 Å². The van der Waals surface area contributed by atoms with E-state index in [0.717, 1.165) is 12.1 Å². The zero-order valence-electron chi connectivity index (χ0n) is 16.8. The largest absolute Gasteiger partial charge is 0.444 e. The van der Waals surface area contributed by atoms with Gasteiger partial charge in [0.25, 0.3) is 0 Å². The van der Waals surface area contributed by atoms with Crippen molar-refractivity contribution in [3.63, 3.8) is 0 Å². The average Bonchev–Trinajstić information content (AvgIpc) is 2.62. The average molecular weight is 398 g/mol. The molecule has 0 aromatic heterocycles. The van der Waals surface area contributed by atoms with Crippen LogP contribution in [0.5, 0.6) is 0 Å². The lowest BCUT2D eigenvalue weighted by molar-refractivity contribution is -0.139. The molecule has 0 saturated carbocycles. The second-order valence-electron chi connectivity index (χ2n) is 7.88. The van der Waals surface area contributed by atoms with Crippen molar-refractivity contribution in [2.45, 2.75) is 45.3 Å². The van der Waals surface area contributed by atoms with Crippen molar-refractivity contribution < 1.29 is 27.8 Å². The molecule has 0 bridgehead atoms. The molecule has 0 aliphatic carbocycles. The number of hydrogen-bond acceptors (Lipinski definition) is 4. The lowest BCUT2D eigenvalue weighted by atomic mass is 10.1. The van der Waals surface area contributed by atoms with E-state index in [1.807, 2.05) is 0 Å². The minimum absolute atomic E-state index is 0.0616. The minimum atomic E-state index is -0.935. The van der Waals surface area contributed by atoms with Gasteiger partial charge in [0.05, 0.1) is 13.2 Å². The van der Waals surface area contributed by atoms with Gasteiger partial charge in [-0.15, -0.1) is 0 Å². The van der Waals surface area contributed by atoms with Crippen LogP contribution in [0.2, 0.25) is 0 Å². The summed E-state index contributed by atoms with van der Waals surface area (Å²) in [7, 11) is 1.63. The van der Waals surface area contributed by atoms with E-state index in [0.29, 0.717) is 31.7 Å². The van der Waals surface area contributed by atoms with E-state index in [-0.39, 0.29) is 18.9 Å². The van der Waals surface area contributed by atoms with Crippen LogP contribution in [0, 0.1) is 11.6 Å². The molecule has 8 heteroatoms. The number of carbonyl (C=O) groups excluding carboxylic acids is 2. The van der Waals surface area contributed by atoms with Gasteiger partial charge in [-0.1, -0.05) is 6.07 Å². The first-order chi connectivity index (χ1) is 13.1. The second-order valence-corrected chi connectivity index (χ2v) is 7.88. The normalized spacial score (nSPS) is 17.4. The fourth-order valence-corrected chi connectivity index (χ4v) is 2.85. The number of hydrogen-bond donors (Lipinski definition) is 0. The van der Waals surface area contributed by atoms with E-state index in [1.165, 1.54) is 11.0 Å². The SMILES string of the molecule is CN(CCCC(=O)N1CCOC(c2ccc(F)c(F)c2)C1)C(=O)OC(C)(C)C. The van der Waals surface area contributed by atoms with Gasteiger partial charge >= 0.3 is 6.09 Å². The van der Waals surface area contributed by atoms with Crippen molar-refractivity contribution >= 4 is 12.0 Å². The van der Waals surface area contributed by atoms with Crippen LogP contribution in [-0.2, 0) is 14.3 Å². The topological polar surface area (TPSA) is 59.1 Å². The van der Waals surface area contributed by atoms with Crippen molar-refractivity contribution in [3.05, 3.63) is 35.4 Å². The first kappa shape index (κ1) is 22.1. The van der Waals surface area contributed by atoms with Crippen LogP contribution >= 0.6 is 0 Å². The van der Waals surface area contributed by atoms with E-state index in [4.69, 9.17) is 9.47 Å². The van der Waals surface area contributed by atoms with Gasteiger partial charge in [-0.05, 0) is 44.9 Å². The molecular weight excluding hydrogens is 370 g/mol. The second kappa shape index (κ2) is 9.32. The zero-order chi connectivity index (χ0) is 20.9. The van der Waals surface area contributed by atoms with Crippen molar-refractivity contribution in [2.24, 2.45) is 0 Å². The summed E-state index contributed by atoms with van der Waals surface area (Å²) in [5, 5.41) is 0. The maximum atomic E-state index is 13.4. The van der Waals surface area contributed by atoms with Crippen LogP contribution in [0.3, 0.4) is 0 Å². The Hall–Kier alpha value is -2.22. The number of benzene rings is 1. The highest BCUT2D eigenvalue weighted by Gasteiger charge is 2.26. The first-order valence-corrected chi connectivity index (χ1v) is 9.35. The van der Waals surface area contributed by atoms with Crippen molar-refractivity contribution in [3.8, 4) is 0 Å². The van der Waals surface area contributed by atoms with Gasteiger partial charge in [0.1, 0.15) is 11.7 Å². The van der Waals surface area contributed by atoms with Gasteiger partial charge in [-0.3, -0.25) is 4.79 Å². The Labute approximate surface area is 164 Å². The molecule has 0 radical (unpaired) electrons. The highest BCUT2D eigenvalue weighted by Crippen LogP contribution is 2.24. The van der Waals surface area contributed by atoms with E-state index in [2.05, 4.69) is 0 Å². The van der Waals surface area contributed by atoms with E-state index in [9.17, 15) is 18.4 Å². The lowest BCUT2D eigenvalue weighted by Gasteiger charge is -2.33. The highest BCUT2D eigenvalue weighted by atomic mass is 19.2. The molecule has 1 heterocycles. The summed E-state index contributed by atoms with van der Waals surface area (Å²) in [6, 6.07) is 3.62. The molecule has 1 aromatic carbocycles. The maximum absolute atomic E-state index is 13.4. The molecule has 1 aromatic rings. The fourth-order valence-electron chi connectivity index (χ4n) is 2.85.